The average molecular weight is 296 g/mol. The Labute approximate surface area is 127 Å². The van der Waals surface area contributed by atoms with Gasteiger partial charge in [-0.25, -0.2) is 9.36 Å². The molecule has 0 unspecified atom stereocenters. The fraction of sp³-hybridized carbons (Fsp3) is 0.176. The number of fused-ring (bicyclic) bond motifs is 1. The van der Waals surface area contributed by atoms with Gasteiger partial charge in [0.1, 0.15) is 0 Å². The summed E-state index contributed by atoms with van der Waals surface area (Å²) in [4.78, 5) is 24.2. The summed E-state index contributed by atoms with van der Waals surface area (Å²) in [5.41, 5.74) is 9.15. The van der Waals surface area contributed by atoms with Crippen molar-refractivity contribution in [3.05, 3.63) is 64.1 Å². The lowest BCUT2D eigenvalue weighted by atomic mass is 10.1. The standard InChI is InChI=1S/C17H16N2O3/c1-11-2-4-12(5-3-11)6-9-16(20)19-14-8-7-13(18)10-15(14)22-17(19)21/h2-5,7-8,10H,6,9,18H2,1H3. The van der Waals surface area contributed by atoms with Crippen molar-refractivity contribution in [1.82, 2.24) is 4.57 Å². The van der Waals surface area contributed by atoms with Crippen LogP contribution in [0.15, 0.2) is 51.7 Å². The summed E-state index contributed by atoms with van der Waals surface area (Å²) in [6.45, 7) is 2.01. The Bertz CT molecular complexity index is 888. The molecule has 1 aromatic heterocycles. The van der Waals surface area contributed by atoms with E-state index in [1.807, 2.05) is 31.2 Å². The summed E-state index contributed by atoms with van der Waals surface area (Å²) in [6.07, 6.45) is 0.815. The van der Waals surface area contributed by atoms with Crippen LogP contribution in [-0.4, -0.2) is 10.5 Å². The van der Waals surface area contributed by atoms with E-state index in [1.54, 1.807) is 18.2 Å². The van der Waals surface area contributed by atoms with Crippen LogP contribution < -0.4 is 11.5 Å². The van der Waals surface area contributed by atoms with E-state index in [-0.39, 0.29) is 12.3 Å². The van der Waals surface area contributed by atoms with Crippen molar-refractivity contribution in [2.45, 2.75) is 19.8 Å². The third-order valence-electron chi connectivity index (χ3n) is 3.60. The molecule has 0 amide bonds. The summed E-state index contributed by atoms with van der Waals surface area (Å²) in [6, 6.07) is 12.8. The number of nitrogens with zero attached hydrogens (tertiary/aromatic N) is 1. The Morgan fingerprint density at radius 1 is 1.18 bits per heavy atom. The zero-order valence-corrected chi connectivity index (χ0v) is 12.2. The fourth-order valence-electron chi connectivity index (χ4n) is 2.39. The molecule has 0 atom stereocenters. The summed E-state index contributed by atoms with van der Waals surface area (Å²) in [5, 5.41) is 0. The maximum atomic E-state index is 12.3. The molecule has 0 aliphatic rings. The summed E-state index contributed by atoms with van der Waals surface area (Å²) < 4.78 is 6.15. The summed E-state index contributed by atoms with van der Waals surface area (Å²) in [5.74, 6) is -0.955. The third-order valence-corrected chi connectivity index (χ3v) is 3.60. The van der Waals surface area contributed by atoms with E-state index in [4.69, 9.17) is 10.2 Å². The molecule has 3 rings (SSSR count). The van der Waals surface area contributed by atoms with Gasteiger partial charge in [-0.05, 0) is 31.0 Å². The Kier molecular flexibility index (Phi) is 3.55. The highest BCUT2D eigenvalue weighted by Crippen LogP contribution is 2.17. The zero-order valence-electron chi connectivity index (χ0n) is 12.2. The van der Waals surface area contributed by atoms with E-state index in [9.17, 15) is 9.59 Å². The molecule has 2 N–H and O–H groups in total. The number of benzene rings is 2. The second-order valence-electron chi connectivity index (χ2n) is 5.31. The highest BCUT2D eigenvalue weighted by molar-refractivity contribution is 5.90. The van der Waals surface area contributed by atoms with Crippen molar-refractivity contribution in [2.24, 2.45) is 0 Å². The van der Waals surface area contributed by atoms with Gasteiger partial charge in [-0.1, -0.05) is 29.8 Å². The quantitative estimate of drug-likeness (QED) is 0.754. The second kappa shape index (κ2) is 5.52. The van der Waals surface area contributed by atoms with Gasteiger partial charge < -0.3 is 10.2 Å². The molecular formula is C17H16N2O3. The van der Waals surface area contributed by atoms with Crippen molar-refractivity contribution in [1.29, 1.82) is 0 Å². The van der Waals surface area contributed by atoms with Gasteiger partial charge in [0.25, 0.3) is 0 Å². The van der Waals surface area contributed by atoms with Crippen LogP contribution >= 0.6 is 0 Å². The minimum absolute atomic E-state index is 0.238. The Hall–Kier alpha value is -2.82. The van der Waals surface area contributed by atoms with Crippen molar-refractivity contribution >= 4 is 22.7 Å². The molecule has 1 heterocycles. The fourth-order valence-corrected chi connectivity index (χ4v) is 2.39. The van der Waals surface area contributed by atoms with Gasteiger partial charge in [0.2, 0.25) is 5.91 Å². The molecule has 0 aliphatic carbocycles. The van der Waals surface area contributed by atoms with Gasteiger partial charge in [0.15, 0.2) is 5.58 Å². The van der Waals surface area contributed by atoms with Gasteiger partial charge in [0, 0.05) is 18.2 Å². The first-order valence-electron chi connectivity index (χ1n) is 7.04. The van der Waals surface area contributed by atoms with Crippen molar-refractivity contribution in [3.63, 3.8) is 0 Å². The number of rotatable bonds is 3. The van der Waals surface area contributed by atoms with Crippen molar-refractivity contribution in [2.75, 3.05) is 5.73 Å². The molecule has 112 valence electrons. The van der Waals surface area contributed by atoms with Crippen LogP contribution in [0.5, 0.6) is 0 Å². The molecule has 0 saturated heterocycles. The van der Waals surface area contributed by atoms with Gasteiger partial charge in [-0.15, -0.1) is 0 Å². The van der Waals surface area contributed by atoms with E-state index in [0.29, 0.717) is 23.2 Å². The van der Waals surface area contributed by atoms with Crippen LogP contribution in [0.3, 0.4) is 0 Å². The number of nitrogens with two attached hydrogens (primary N) is 1. The van der Waals surface area contributed by atoms with Crippen LogP contribution in [0.1, 0.15) is 22.3 Å². The maximum absolute atomic E-state index is 12.3. The molecule has 5 nitrogen and oxygen atoms in total. The minimum atomic E-state index is -0.672. The maximum Gasteiger partial charge on any atom is 0.426 e. The van der Waals surface area contributed by atoms with Crippen LogP contribution in [0, 0.1) is 6.92 Å². The summed E-state index contributed by atoms with van der Waals surface area (Å²) in [7, 11) is 0. The van der Waals surface area contributed by atoms with Crippen LogP contribution in [-0.2, 0) is 6.42 Å². The molecule has 0 aliphatic heterocycles. The van der Waals surface area contributed by atoms with Gasteiger partial charge in [-0.2, -0.15) is 0 Å². The van der Waals surface area contributed by atoms with E-state index in [0.717, 1.165) is 10.1 Å². The van der Waals surface area contributed by atoms with Gasteiger partial charge in [-0.3, -0.25) is 4.79 Å². The first kappa shape index (κ1) is 14.1. The number of carbonyl (C=O) groups is 1. The molecule has 0 radical (unpaired) electrons. The molecule has 0 fully saturated rings. The first-order chi connectivity index (χ1) is 10.5. The molecule has 3 aromatic rings. The lowest BCUT2D eigenvalue weighted by molar-refractivity contribution is 0.0899. The number of nitrogen functional groups attached to an aromatic ring is 1. The van der Waals surface area contributed by atoms with Crippen LogP contribution in [0.4, 0.5) is 5.69 Å². The highest BCUT2D eigenvalue weighted by Gasteiger charge is 2.16. The Morgan fingerprint density at radius 3 is 2.64 bits per heavy atom. The van der Waals surface area contributed by atoms with Crippen LogP contribution in [0.2, 0.25) is 0 Å². The van der Waals surface area contributed by atoms with Crippen molar-refractivity contribution in [3.8, 4) is 0 Å². The average Bonchev–Trinajstić information content (AvgIpc) is 2.81. The van der Waals surface area contributed by atoms with Crippen LogP contribution in [0.25, 0.3) is 11.1 Å². The van der Waals surface area contributed by atoms with E-state index < -0.39 is 5.76 Å². The number of hydrogen-bond donors (Lipinski definition) is 1. The molecular weight excluding hydrogens is 280 g/mol. The Morgan fingerprint density at radius 2 is 1.91 bits per heavy atom. The molecule has 0 saturated carbocycles. The monoisotopic (exact) mass is 296 g/mol. The second-order valence-corrected chi connectivity index (χ2v) is 5.31. The predicted molar refractivity (Wildman–Crippen MR) is 85.0 cm³/mol. The molecule has 2 aromatic carbocycles. The molecule has 22 heavy (non-hydrogen) atoms. The smallest absolute Gasteiger partial charge is 0.407 e. The van der Waals surface area contributed by atoms with Gasteiger partial charge >= 0.3 is 5.76 Å². The number of oxazole rings is 1. The number of aryl methyl sites for hydroxylation is 2. The van der Waals surface area contributed by atoms with E-state index in [2.05, 4.69) is 0 Å². The lowest BCUT2D eigenvalue weighted by Gasteiger charge is -2.03. The Balaban J connectivity index is 1.84. The minimum Gasteiger partial charge on any atom is -0.407 e. The largest absolute Gasteiger partial charge is 0.426 e. The zero-order chi connectivity index (χ0) is 15.7. The molecule has 0 bridgehead atoms. The molecule has 5 heteroatoms. The highest BCUT2D eigenvalue weighted by atomic mass is 16.4. The van der Waals surface area contributed by atoms with E-state index >= 15 is 0 Å². The van der Waals surface area contributed by atoms with E-state index in [1.165, 1.54) is 5.56 Å². The number of aromatic nitrogens is 1. The first-order valence-corrected chi connectivity index (χ1v) is 7.04. The normalized spacial score (nSPS) is 11.0. The number of carbonyl (C=O) groups excluding carboxylic acids is 1. The molecule has 0 spiro atoms. The third kappa shape index (κ3) is 2.65. The van der Waals surface area contributed by atoms with Gasteiger partial charge in [0.05, 0.1) is 5.52 Å². The van der Waals surface area contributed by atoms with Crippen molar-refractivity contribution < 1.29 is 9.21 Å². The summed E-state index contributed by atoms with van der Waals surface area (Å²) >= 11 is 0. The SMILES string of the molecule is Cc1ccc(CCC(=O)n2c(=O)oc3cc(N)ccc32)cc1. The topological polar surface area (TPSA) is 78.2 Å². The lowest BCUT2D eigenvalue weighted by Crippen LogP contribution is -2.22. The number of anilines is 1. The number of hydrogen-bond acceptors (Lipinski definition) is 4. The predicted octanol–water partition coefficient (Wildman–Crippen LogP) is 2.76.